The molecule has 0 aliphatic rings. The molecule has 2 aromatic rings. The summed E-state index contributed by atoms with van der Waals surface area (Å²) in [6.07, 6.45) is 1.53. The van der Waals surface area contributed by atoms with Crippen molar-refractivity contribution in [2.75, 3.05) is 5.32 Å². The summed E-state index contributed by atoms with van der Waals surface area (Å²) in [4.78, 5) is 23.8. The van der Waals surface area contributed by atoms with Gasteiger partial charge in [0.25, 0.3) is 5.56 Å². The Hall–Kier alpha value is -1.66. The maximum atomic E-state index is 13.0. The van der Waals surface area contributed by atoms with Crippen LogP contribution in [0, 0.1) is 12.7 Å². The second-order valence-electron chi connectivity index (χ2n) is 4.45. The van der Waals surface area contributed by atoms with Crippen LogP contribution < -0.4 is 10.9 Å². The molecule has 7 heteroatoms. The van der Waals surface area contributed by atoms with Crippen LogP contribution in [0.15, 0.2) is 39.7 Å². The number of nitrogens with zero attached hydrogens (tertiary/aromatic N) is 1. The van der Waals surface area contributed by atoms with Crippen LogP contribution in [0.3, 0.4) is 0 Å². The van der Waals surface area contributed by atoms with Crippen LogP contribution in [0.5, 0.6) is 0 Å². The van der Waals surface area contributed by atoms with Gasteiger partial charge < -0.3 is 9.88 Å². The van der Waals surface area contributed by atoms with Crippen LogP contribution in [-0.4, -0.2) is 10.5 Å². The number of amides is 1. The van der Waals surface area contributed by atoms with Crippen molar-refractivity contribution in [3.05, 3.63) is 61.7 Å². The summed E-state index contributed by atoms with van der Waals surface area (Å²) < 4.78 is 15.0. The van der Waals surface area contributed by atoms with E-state index in [2.05, 4.69) is 21.2 Å². The summed E-state index contributed by atoms with van der Waals surface area (Å²) in [5.41, 5.74) is 0.652. The number of carbonyl (C=O) groups is 1. The molecule has 1 aromatic heterocycles. The summed E-state index contributed by atoms with van der Waals surface area (Å²) >= 11 is 8.91. The van der Waals surface area contributed by atoms with Crippen molar-refractivity contribution >= 4 is 39.1 Å². The van der Waals surface area contributed by atoms with Gasteiger partial charge in [0.1, 0.15) is 12.4 Å². The fourth-order valence-electron chi connectivity index (χ4n) is 1.79. The highest BCUT2D eigenvalue weighted by Gasteiger charge is 2.09. The number of carbonyl (C=O) groups excluding carboxylic acids is 1. The second-order valence-corrected chi connectivity index (χ2v) is 5.77. The normalized spacial score (nSPS) is 10.5. The van der Waals surface area contributed by atoms with E-state index in [1.54, 1.807) is 13.0 Å². The minimum Gasteiger partial charge on any atom is -0.324 e. The van der Waals surface area contributed by atoms with Crippen LogP contribution in [0.4, 0.5) is 10.1 Å². The molecule has 0 aliphatic heterocycles. The predicted molar refractivity (Wildman–Crippen MR) is 83.2 cm³/mol. The van der Waals surface area contributed by atoms with Gasteiger partial charge in [-0.25, -0.2) is 4.39 Å². The second kappa shape index (κ2) is 6.41. The first-order chi connectivity index (χ1) is 9.86. The lowest BCUT2D eigenvalue weighted by molar-refractivity contribution is -0.116. The van der Waals surface area contributed by atoms with Crippen molar-refractivity contribution in [3.8, 4) is 0 Å². The average molecular weight is 374 g/mol. The van der Waals surface area contributed by atoms with Gasteiger partial charge in [-0.15, -0.1) is 0 Å². The Kier molecular flexibility index (Phi) is 4.80. The number of hydrogen-bond acceptors (Lipinski definition) is 2. The first-order valence-electron chi connectivity index (χ1n) is 5.98. The van der Waals surface area contributed by atoms with Gasteiger partial charge in [-0.1, -0.05) is 11.6 Å². The molecule has 1 amide bonds. The molecule has 0 spiro atoms. The molecule has 0 radical (unpaired) electrons. The lowest BCUT2D eigenvalue weighted by Crippen LogP contribution is -2.28. The highest BCUT2D eigenvalue weighted by atomic mass is 79.9. The van der Waals surface area contributed by atoms with E-state index in [4.69, 9.17) is 11.6 Å². The fraction of sp³-hybridized carbons (Fsp3) is 0.143. The highest BCUT2D eigenvalue weighted by Crippen LogP contribution is 2.19. The Labute approximate surface area is 133 Å². The molecule has 21 heavy (non-hydrogen) atoms. The number of aryl methyl sites for hydroxylation is 1. The Bertz CT molecular complexity index is 761. The van der Waals surface area contributed by atoms with Crippen molar-refractivity contribution in [1.82, 2.24) is 4.57 Å². The lowest BCUT2D eigenvalue weighted by Gasteiger charge is -2.09. The van der Waals surface area contributed by atoms with E-state index in [1.807, 2.05) is 0 Å². The van der Waals surface area contributed by atoms with Gasteiger partial charge in [-0.05, 0) is 47.1 Å². The van der Waals surface area contributed by atoms with Gasteiger partial charge in [-0.3, -0.25) is 9.59 Å². The van der Waals surface area contributed by atoms with Gasteiger partial charge in [0.15, 0.2) is 0 Å². The Morgan fingerprint density at radius 1 is 1.43 bits per heavy atom. The number of benzene rings is 1. The largest absolute Gasteiger partial charge is 0.324 e. The quantitative estimate of drug-likeness (QED) is 0.897. The number of hydrogen-bond donors (Lipinski definition) is 1. The zero-order chi connectivity index (χ0) is 15.6. The van der Waals surface area contributed by atoms with E-state index in [0.29, 0.717) is 15.7 Å². The summed E-state index contributed by atoms with van der Waals surface area (Å²) in [6, 6.07) is 5.54. The van der Waals surface area contributed by atoms with Crippen molar-refractivity contribution in [2.45, 2.75) is 13.5 Å². The fourth-order valence-corrected chi connectivity index (χ4v) is 2.56. The van der Waals surface area contributed by atoms with Crippen molar-refractivity contribution in [3.63, 3.8) is 0 Å². The van der Waals surface area contributed by atoms with Gasteiger partial charge in [-0.2, -0.15) is 0 Å². The number of aromatic nitrogens is 1. The average Bonchev–Trinajstić information content (AvgIpc) is 2.39. The Morgan fingerprint density at radius 3 is 2.81 bits per heavy atom. The van der Waals surface area contributed by atoms with Crippen molar-refractivity contribution in [2.24, 2.45) is 0 Å². The van der Waals surface area contributed by atoms with Crippen LogP contribution in [0.2, 0.25) is 5.02 Å². The van der Waals surface area contributed by atoms with E-state index in [1.165, 1.54) is 22.9 Å². The minimum absolute atomic E-state index is 0.0803. The summed E-state index contributed by atoms with van der Waals surface area (Å²) in [7, 11) is 0. The molecule has 0 atom stereocenters. The maximum Gasteiger partial charge on any atom is 0.253 e. The number of nitrogens with one attached hydrogen (secondary N) is 1. The van der Waals surface area contributed by atoms with Crippen LogP contribution in [0.1, 0.15) is 5.56 Å². The maximum absolute atomic E-state index is 13.0. The van der Waals surface area contributed by atoms with Crippen molar-refractivity contribution in [1.29, 1.82) is 0 Å². The minimum atomic E-state index is -0.562. The number of pyridine rings is 1. The first kappa shape index (κ1) is 15.7. The van der Waals surface area contributed by atoms with Crippen LogP contribution in [0.25, 0.3) is 0 Å². The molecule has 0 unspecified atom stereocenters. The van der Waals surface area contributed by atoms with Gasteiger partial charge in [0, 0.05) is 21.9 Å². The summed E-state index contributed by atoms with van der Waals surface area (Å²) in [6.45, 7) is 1.52. The van der Waals surface area contributed by atoms with E-state index in [-0.39, 0.29) is 17.1 Å². The predicted octanol–water partition coefficient (Wildman–Crippen LogP) is 3.35. The molecule has 4 nitrogen and oxygen atoms in total. The third kappa shape index (κ3) is 3.92. The first-order valence-corrected chi connectivity index (χ1v) is 7.15. The Balaban J connectivity index is 2.15. The van der Waals surface area contributed by atoms with Crippen LogP contribution in [-0.2, 0) is 11.3 Å². The van der Waals surface area contributed by atoms with Crippen molar-refractivity contribution < 1.29 is 9.18 Å². The molecule has 0 saturated carbocycles. The topological polar surface area (TPSA) is 51.1 Å². The molecule has 1 aromatic carbocycles. The molecular formula is C14H11BrClFN2O2. The molecule has 1 heterocycles. The molecule has 1 N–H and O–H groups in total. The smallest absolute Gasteiger partial charge is 0.253 e. The lowest BCUT2D eigenvalue weighted by atomic mass is 10.3. The summed E-state index contributed by atoms with van der Waals surface area (Å²) in [5, 5.41) is 2.48. The molecule has 0 fully saturated rings. The monoisotopic (exact) mass is 372 g/mol. The van der Waals surface area contributed by atoms with E-state index < -0.39 is 11.7 Å². The number of halogens is 3. The van der Waals surface area contributed by atoms with E-state index >= 15 is 0 Å². The molecule has 0 bridgehead atoms. The van der Waals surface area contributed by atoms with E-state index in [9.17, 15) is 14.0 Å². The third-order valence-electron chi connectivity index (χ3n) is 2.75. The number of rotatable bonds is 3. The number of anilines is 1. The highest BCUT2D eigenvalue weighted by molar-refractivity contribution is 9.10. The SMILES string of the molecule is Cc1cc(Br)cn(CC(=O)Nc2ccc(F)c(Cl)c2)c1=O. The molecule has 0 aliphatic carbocycles. The zero-order valence-electron chi connectivity index (χ0n) is 11.0. The van der Waals surface area contributed by atoms with E-state index in [0.717, 1.165) is 6.07 Å². The standard InChI is InChI=1S/C14H11BrClFN2O2/c1-8-4-9(15)6-19(14(8)21)7-13(20)18-10-2-3-12(17)11(16)5-10/h2-6H,7H2,1H3,(H,18,20). The van der Waals surface area contributed by atoms with Crippen LogP contribution >= 0.6 is 27.5 Å². The molecule has 2 rings (SSSR count). The molecular weight excluding hydrogens is 363 g/mol. The molecule has 110 valence electrons. The molecule has 0 saturated heterocycles. The zero-order valence-corrected chi connectivity index (χ0v) is 13.3. The third-order valence-corrected chi connectivity index (χ3v) is 3.47. The summed E-state index contributed by atoms with van der Waals surface area (Å²) in [5.74, 6) is -0.967. The van der Waals surface area contributed by atoms with Gasteiger partial charge >= 0.3 is 0 Å². The van der Waals surface area contributed by atoms with Gasteiger partial charge in [0.05, 0.1) is 5.02 Å². The Morgan fingerprint density at radius 2 is 2.14 bits per heavy atom. The van der Waals surface area contributed by atoms with Gasteiger partial charge in [0.2, 0.25) is 5.91 Å².